The molecule has 4 heteroatoms. The van der Waals surface area contributed by atoms with Crippen LogP contribution in [0.3, 0.4) is 0 Å². The molecule has 1 heterocycles. The summed E-state index contributed by atoms with van der Waals surface area (Å²) in [5, 5.41) is 7.78. The van der Waals surface area contributed by atoms with Crippen molar-refractivity contribution in [3.05, 3.63) is 113 Å². The SMILES string of the molecule is O=C(N/N=C\c1ccccc1)c1ccc([C@H]2Nc3ccccc3[C@H]3C=CC[C@@H]32)cc1. The molecule has 0 saturated heterocycles. The van der Waals surface area contributed by atoms with Crippen LogP contribution in [0.15, 0.2) is 96.1 Å². The summed E-state index contributed by atoms with van der Waals surface area (Å²) in [6, 6.07) is 26.3. The molecule has 0 bridgehead atoms. The molecule has 0 fully saturated rings. The number of hydrogen-bond donors (Lipinski definition) is 2. The van der Waals surface area contributed by atoms with Crippen LogP contribution in [-0.2, 0) is 0 Å². The minimum atomic E-state index is -0.212. The van der Waals surface area contributed by atoms with Crippen molar-refractivity contribution < 1.29 is 4.79 Å². The molecule has 148 valence electrons. The topological polar surface area (TPSA) is 53.5 Å². The number of amides is 1. The van der Waals surface area contributed by atoms with E-state index in [9.17, 15) is 4.79 Å². The van der Waals surface area contributed by atoms with Gasteiger partial charge in [-0.25, -0.2) is 5.43 Å². The molecule has 3 aromatic carbocycles. The summed E-state index contributed by atoms with van der Waals surface area (Å²) in [4.78, 5) is 12.4. The number of allylic oxidation sites excluding steroid dienone is 2. The van der Waals surface area contributed by atoms with Crippen molar-refractivity contribution in [3.63, 3.8) is 0 Å². The maximum atomic E-state index is 12.4. The van der Waals surface area contributed by atoms with Crippen LogP contribution in [0.5, 0.6) is 0 Å². The van der Waals surface area contributed by atoms with Crippen LogP contribution in [0.4, 0.5) is 5.69 Å². The summed E-state index contributed by atoms with van der Waals surface area (Å²) in [6.45, 7) is 0. The van der Waals surface area contributed by atoms with Crippen molar-refractivity contribution in [1.29, 1.82) is 0 Å². The van der Waals surface area contributed by atoms with Gasteiger partial charge in [-0.2, -0.15) is 5.10 Å². The van der Waals surface area contributed by atoms with Gasteiger partial charge in [-0.3, -0.25) is 4.79 Å². The third kappa shape index (κ3) is 3.52. The van der Waals surface area contributed by atoms with E-state index in [0.717, 1.165) is 12.0 Å². The van der Waals surface area contributed by atoms with Crippen LogP contribution in [0.2, 0.25) is 0 Å². The number of hydrogen-bond acceptors (Lipinski definition) is 3. The summed E-state index contributed by atoms with van der Waals surface area (Å²) in [6.07, 6.45) is 7.33. The van der Waals surface area contributed by atoms with Gasteiger partial charge in [-0.1, -0.05) is 72.8 Å². The highest BCUT2D eigenvalue weighted by Gasteiger charge is 2.37. The van der Waals surface area contributed by atoms with Gasteiger partial charge in [-0.15, -0.1) is 0 Å². The first kappa shape index (κ1) is 18.4. The highest BCUT2D eigenvalue weighted by Crippen LogP contribution is 2.49. The molecule has 0 saturated carbocycles. The molecule has 1 aliphatic heterocycles. The van der Waals surface area contributed by atoms with Crippen molar-refractivity contribution in [2.45, 2.75) is 18.4 Å². The molecule has 30 heavy (non-hydrogen) atoms. The summed E-state index contributed by atoms with van der Waals surface area (Å²) in [5.74, 6) is 0.730. The summed E-state index contributed by atoms with van der Waals surface area (Å²) >= 11 is 0. The Kier molecular flexibility index (Phi) is 4.89. The van der Waals surface area contributed by atoms with Crippen molar-refractivity contribution in [2.24, 2.45) is 11.0 Å². The number of para-hydroxylation sites is 1. The Morgan fingerprint density at radius 1 is 0.967 bits per heavy atom. The van der Waals surface area contributed by atoms with Crippen LogP contribution >= 0.6 is 0 Å². The highest BCUT2D eigenvalue weighted by atomic mass is 16.2. The fraction of sp³-hybridized carbons (Fsp3) is 0.154. The molecule has 3 aromatic rings. The number of nitrogens with one attached hydrogen (secondary N) is 2. The van der Waals surface area contributed by atoms with Crippen molar-refractivity contribution in [1.82, 2.24) is 5.43 Å². The predicted molar refractivity (Wildman–Crippen MR) is 121 cm³/mol. The average molecular weight is 393 g/mol. The fourth-order valence-electron chi connectivity index (χ4n) is 4.48. The number of nitrogens with zero attached hydrogens (tertiary/aromatic N) is 1. The minimum absolute atomic E-state index is 0.212. The van der Waals surface area contributed by atoms with E-state index in [-0.39, 0.29) is 11.9 Å². The molecule has 0 unspecified atom stereocenters. The molecular formula is C26H23N3O. The van der Waals surface area contributed by atoms with E-state index in [2.05, 4.69) is 64.4 Å². The van der Waals surface area contributed by atoms with Gasteiger partial charge in [0, 0.05) is 17.2 Å². The Bertz CT molecular complexity index is 1100. The standard InChI is InChI=1S/C26H23N3O/c30-26(29-27-17-18-7-2-1-3-8-18)20-15-13-19(14-16-20)25-23-11-6-10-21(23)22-9-4-5-12-24(22)28-25/h1-10,12-17,21,23,25,28H,11H2,(H,29,30)/b27-17-/t21-,23+,25-/m1/s1. The first-order chi connectivity index (χ1) is 14.8. The molecule has 3 atom stereocenters. The predicted octanol–water partition coefficient (Wildman–Crippen LogP) is 5.28. The molecule has 0 radical (unpaired) electrons. The van der Waals surface area contributed by atoms with Gasteiger partial charge in [0.1, 0.15) is 0 Å². The number of hydrazone groups is 1. The number of anilines is 1. The van der Waals surface area contributed by atoms with E-state index in [1.165, 1.54) is 16.8 Å². The molecule has 5 rings (SSSR count). The maximum Gasteiger partial charge on any atom is 0.271 e. The van der Waals surface area contributed by atoms with Crippen LogP contribution < -0.4 is 10.7 Å². The minimum Gasteiger partial charge on any atom is -0.378 e. The molecule has 1 amide bonds. The van der Waals surface area contributed by atoms with Gasteiger partial charge in [-0.05, 0) is 47.2 Å². The average Bonchev–Trinajstić information content (AvgIpc) is 3.30. The number of carbonyl (C=O) groups excluding carboxylic acids is 1. The Hall–Kier alpha value is -3.66. The molecular weight excluding hydrogens is 370 g/mol. The summed E-state index contributed by atoms with van der Waals surface area (Å²) < 4.78 is 0. The second-order valence-corrected chi connectivity index (χ2v) is 7.79. The smallest absolute Gasteiger partial charge is 0.271 e. The lowest BCUT2D eigenvalue weighted by molar-refractivity contribution is 0.0955. The first-order valence-corrected chi connectivity index (χ1v) is 10.3. The largest absolute Gasteiger partial charge is 0.378 e. The quantitative estimate of drug-likeness (QED) is 0.360. The molecule has 2 N–H and O–H groups in total. The van der Waals surface area contributed by atoms with Crippen LogP contribution in [0.1, 0.15) is 45.4 Å². The van der Waals surface area contributed by atoms with E-state index in [0.29, 0.717) is 17.4 Å². The summed E-state index contributed by atoms with van der Waals surface area (Å²) in [7, 11) is 0. The van der Waals surface area contributed by atoms with Crippen molar-refractivity contribution in [2.75, 3.05) is 5.32 Å². The number of benzene rings is 3. The van der Waals surface area contributed by atoms with Gasteiger partial charge < -0.3 is 5.32 Å². The lowest BCUT2D eigenvalue weighted by Gasteiger charge is -2.37. The van der Waals surface area contributed by atoms with E-state index in [1.54, 1.807) is 6.21 Å². The Labute approximate surface area is 176 Å². The zero-order valence-corrected chi connectivity index (χ0v) is 16.5. The third-order valence-electron chi connectivity index (χ3n) is 5.98. The Morgan fingerprint density at radius 3 is 2.57 bits per heavy atom. The number of rotatable bonds is 4. The van der Waals surface area contributed by atoms with Crippen molar-refractivity contribution in [3.8, 4) is 0 Å². The van der Waals surface area contributed by atoms with E-state index >= 15 is 0 Å². The first-order valence-electron chi connectivity index (χ1n) is 10.3. The fourth-order valence-corrected chi connectivity index (χ4v) is 4.48. The highest BCUT2D eigenvalue weighted by molar-refractivity contribution is 5.94. The summed E-state index contributed by atoms with van der Waals surface area (Å²) in [5.41, 5.74) is 7.92. The van der Waals surface area contributed by atoms with Gasteiger partial charge in [0.25, 0.3) is 5.91 Å². The lowest BCUT2D eigenvalue weighted by atomic mass is 9.77. The van der Waals surface area contributed by atoms with E-state index < -0.39 is 0 Å². The molecule has 1 aliphatic carbocycles. The van der Waals surface area contributed by atoms with E-state index in [4.69, 9.17) is 0 Å². The molecule has 2 aliphatic rings. The molecule has 0 spiro atoms. The van der Waals surface area contributed by atoms with Gasteiger partial charge in [0.2, 0.25) is 0 Å². The lowest BCUT2D eigenvalue weighted by Crippen LogP contribution is -2.29. The van der Waals surface area contributed by atoms with Crippen LogP contribution in [0, 0.1) is 5.92 Å². The van der Waals surface area contributed by atoms with E-state index in [1.807, 2.05) is 42.5 Å². The third-order valence-corrected chi connectivity index (χ3v) is 5.98. The Morgan fingerprint density at radius 2 is 1.73 bits per heavy atom. The number of carbonyl (C=O) groups is 1. The van der Waals surface area contributed by atoms with Crippen LogP contribution in [0.25, 0.3) is 0 Å². The van der Waals surface area contributed by atoms with Crippen LogP contribution in [-0.4, -0.2) is 12.1 Å². The zero-order chi connectivity index (χ0) is 20.3. The normalized spacial score (nSPS) is 21.7. The Balaban J connectivity index is 1.30. The second kappa shape index (κ2) is 7.99. The maximum absolute atomic E-state index is 12.4. The number of fused-ring (bicyclic) bond motifs is 3. The monoisotopic (exact) mass is 393 g/mol. The zero-order valence-electron chi connectivity index (χ0n) is 16.5. The van der Waals surface area contributed by atoms with Gasteiger partial charge >= 0.3 is 0 Å². The molecule has 0 aromatic heterocycles. The van der Waals surface area contributed by atoms with Gasteiger partial charge in [0.05, 0.1) is 12.3 Å². The molecule has 4 nitrogen and oxygen atoms in total. The van der Waals surface area contributed by atoms with Gasteiger partial charge in [0.15, 0.2) is 0 Å². The second-order valence-electron chi connectivity index (χ2n) is 7.79. The van der Waals surface area contributed by atoms with Crippen molar-refractivity contribution >= 4 is 17.8 Å².